The molecule has 1 nitrogen and oxygen atoms in total. The Bertz CT molecular complexity index is 464. The molecule has 2 rings (SSSR count). The van der Waals surface area contributed by atoms with E-state index in [-0.39, 0.29) is 10.8 Å². The van der Waals surface area contributed by atoms with Crippen molar-refractivity contribution < 1.29 is 4.79 Å². The summed E-state index contributed by atoms with van der Waals surface area (Å²) < 4.78 is 0. The summed E-state index contributed by atoms with van der Waals surface area (Å²) in [4.78, 5) is 10.8. The van der Waals surface area contributed by atoms with E-state index in [0.29, 0.717) is 0 Å². The van der Waals surface area contributed by atoms with Gasteiger partial charge in [-0.25, -0.2) is 0 Å². The molecule has 0 fully saturated rings. The summed E-state index contributed by atoms with van der Waals surface area (Å²) in [5.41, 5.74) is 3.43. The van der Waals surface area contributed by atoms with E-state index in [0.717, 1.165) is 11.8 Å². The highest BCUT2D eigenvalue weighted by atomic mass is 16.1. The number of carbonyl (C=O) groups excluding carboxylic acids is 1. The summed E-state index contributed by atoms with van der Waals surface area (Å²) in [5, 5.41) is 0. The van der Waals surface area contributed by atoms with Gasteiger partial charge in [-0.1, -0.05) is 52.0 Å². The summed E-state index contributed by atoms with van der Waals surface area (Å²) >= 11 is 0. The van der Waals surface area contributed by atoms with E-state index in [9.17, 15) is 4.79 Å². The van der Waals surface area contributed by atoms with Crippen LogP contribution in [0, 0.1) is 0 Å². The van der Waals surface area contributed by atoms with Crippen LogP contribution >= 0.6 is 0 Å². The minimum Gasteiger partial charge on any atom is -0.298 e. The topological polar surface area (TPSA) is 17.1 Å². The molecular formula is C15H18O. The van der Waals surface area contributed by atoms with Crippen LogP contribution in [0.3, 0.4) is 0 Å². The molecule has 0 heterocycles. The van der Waals surface area contributed by atoms with Crippen LogP contribution in [-0.2, 0) is 10.8 Å². The Morgan fingerprint density at radius 3 is 2.06 bits per heavy atom. The Morgan fingerprint density at radius 1 is 0.938 bits per heavy atom. The van der Waals surface area contributed by atoms with Crippen molar-refractivity contribution in [1.29, 1.82) is 0 Å². The average molecular weight is 214 g/mol. The van der Waals surface area contributed by atoms with E-state index >= 15 is 0 Å². The Balaban J connectivity index is 2.70. The normalized spacial score (nSPS) is 20.2. The predicted octanol–water partition coefficient (Wildman–Crippen LogP) is 3.62. The Kier molecular flexibility index (Phi) is 2.30. The van der Waals surface area contributed by atoms with Gasteiger partial charge in [-0.15, -0.1) is 0 Å². The fourth-order valence-electron chi connectivity index (χ4n) is 2.33. The summed E-state index contributed by atoms with van der Waals surface area (Å²) in [7, 11) is 0. The van der Waals surface area contributed by atoms with Crippen molar-refractivity contribution in [3.63, 3.8) is 0 Å². The van der Waals surface area contributed by atoms with E-state index in [1.165, 1.54) is 11.1 Å². The van der Waals surface area contributed by atoms with Crippen molar-refractivity contribution in [1.82, 2.24) is 0 Å². The van der Waals surface area contributed by atoms with Crippen molar-refractivity contribution in [3.8, 4) is 0 Å². The molecule has 0 amide bonds. The quantitative estimate of drug-likeness (QED) is 0.515. The maximum absolute atomic E-state index is 10.8. The highest BCUT2D eigenvalue weighted by Gasteiger charge is 2.32. The summed E-state index contributed by atoms with van der Waals surface area (Å²) in [6.45, 7) is 8.79. The van der Waals surface area contributed by atoms with Gasteiger partial charge < -0.3 is 0 Å². The van der Waals surface area contributed by atoms with Crippen LogP contribution in [-0.4, -0.2) is 6.29 Å². The molecule has 0 atom stereocenters. The third-order valence-electron chi connectivity index (χ3n) is 3.48. The van der Waals surface area contributed by atoms with E-state index in [1.807, 2.05) is 12.1 Å². The highest BCUT2D eigenvalue weighted by Crippen LogP contribution is 2.41. The minimum absolute atomic E-state index is 0.0177. The molecule has 1 aromatic rings. The molecule has 0 unspecified atom stereocenters. The molecule has 0 saturated heterocycles. The fourth-order valence-corrected chi connectivity index (χ4v) is 2.33. The van der Waals surface area contributed by atoms with Crippen molar-refractivity contribution in [2.24, 2.45) is 0 Å². The van der Waals surface area contributed by atoms with Crippen LogP contribution in [0.4, 0.5) is 0 Å². The molecule has 1 aliphatic rings. The van der Waals surface area contributed by atoms with Gasteiger partial charge in [-0.2, -0.15) is 0 Å². The van der Waals surface area contributed by atoms with E-state index in [1.54, 1.807) is 0 Å². The van der Waals surface area contributed by atoms with Crippen LogP contribution in [0.15, 0.2) is 30.4 Å². The first-order chi connectivity index (χ1) is 7.37. The zero-order chi connectivity index (χ0) is 12.0. The van der Waals surface area contributed by atoms with Crippen LogP contribution in [0.5, 0.6) is 0 Å². The smallest absolute Gasteiger partial charge is 0.150 e. The number of allylic oxidation sites excluding steroid dienone is 2. The van der Waals surface area contributed by atoms with Crippen LogP contribution in [0.1, 0.15) is 49.2 Å². The molecule has 1 heteroatoms. The van der Waals surface area contributed by atoms with Crippen molar-refractivity contribution in [2.45, 2.75) is 38.5 Å². The van der Waals surface area contributed by atoms with Gasteiger partial charge in [0.15, 0.2) is 0 Å². The second kappa shape index (κ2) is 3.31. The number of carbonyl (C=O) groups is 1. The highest BCUT2D eigenvalue weighted by molar-refractivity contribution is 5.76. The van der Waals surface area contributed by atoms with Crippen LogP contribution in [0.2, 0.25) is 0 Å². The molecule has 1 aromatic carbocycles. The van der Waals surface area contributed by atoms with Crippen LogP contribution in [0.25, 0.3) is 0 Å². The molecule has 0 saturated carbocycles. The maximum Gasteiger partial charge on any atom is 0.150 e. The molecule has 84 valence electrons. The zero-order valence-corrected chi connectivity index (χ0v) is 10.4. The summed E-state index contributed by atoms with van der Waals surface area (Å²) in [6, 6.07) is 6.01. The number of fused-ring (bicyclic) bond motifs is 1. The molecule has 0 bridgehead atoms. The van der Waals surface area contributed by atoms with Gasteiger partial charge in [0, 0.05) is 16.4 Å². The number of hydrogen-bond acceptors (Lipinski definition) is 1. The van der Waals surface area contributed by atoms with Crippen LogP contribution < -0.4 is 0 Å². The summed E-state index contributed by atoms with van der Waals surface area (Å²) in [6.07, 6.45) is 5.42. The van der Waals surface area contributed by atoms with Gasteiger partial charge in [0.25, 0.3) is 0 Å². The van der Waals surface area contributed by atoms with E-state index < -0.39 is 0 Å². The van der Waals surface area contributed by atoms with Gasteiger partial charge in [0.1, 0.15) is 6.29 Å². The third-order valence-corrected chi connectivity index (χ3v) is 3.48. The Hall–Kier alpha value is -1.37. The number of aldehydes is 1. The second-order valence-corrected chi connectivity index (χ2v) is 5.70. The Morgan fingerprint density at radius 2 is 1.50 bits per heavy atom. The Labute approximate surface area is 97.2 Å². The molecule has 0 aliphatic heterocycles. The second-order valence-electron chi connectivity index (χ2n) is 5.70. The fraction of sp³-hybridized carbons (Fsp3) is 0.400. The monoisotopic (exact) mass is 214 g/mol. The molecule has 16 heavy (non-hydrogen) atoms. The lowest BCUT2D eigenvalue weighted by Crippen LogP contribution is -2.29. The minimum atomic E-state index is 0.0177. The van der Waals surface area contributed by atoms with Gasteiger partial charge in [-0.3, -0.25) is 4.79 Å². The molecule has 0 N–H and O–H groups in total. The molecular weight excluding hydrogens is 196 g/mol. The molecule has 0 spiro atoms. The molecule has 0 aromatic heterocycles. The largest absolute Gasteiger partial charge is 0.298 e. The van der Waals surface area contributed by atoms with Gasteiger partial charge in [0.05, 0.1) is 0 Å². The number of hydrogen-bond donors (Lipinski definition) is 0. The lowest BCUT2D eigenvalue weighted by Gasteiger charge is -2.36. The number of benzene rings is 1. The van der Waals surface area contributed by atoms with Crippen molar-refractivity contribution in [3.05, 3.63) is 47.0 Å². The standard InChI is InChI=1S/C15H18O/c1-14(2)7-8-15(3,4)13-9-11(10-16)5-6-12(13)14/h5-10H,1-4H3. The lowest BCUT2D eigenvalue weighted by molar-refractivity contribution is 0.112. The summed E-state index contributed by atoms with van der Waals surface area (Å²) in [5.74, 6) is 0. The molecule has 0 radical (unpaired) electrons. The third kappa shape index (κ3) is 1.60. The first-order valence-electron chi connectivity index (χ1n) is 5.67. The number of rotatable bonds is 1. The average Bonchev–Trinajstić information content (AvgIpc) is 2.24. The predicted molar refractivity (Wildman–Crippen MR) is 67.0 cm³/mol. The van der Waals surface area contributed by atoms with Crippen molar-refractivity contribution >= 4 is 6.29 Å². The van der Waals surface area contributed by atoms with Gasteiger partial charge in [0.2, 0.25) is 0 Å². The SMILES string of the molecule is CC1(C)C=CC(C)(C)c2cc(C=O)ccc21. The maximum atomic E-state index is 10.8. The van der Waals surface area contributed by atoms with Crippen molar-refractivity contribution in [2.75, 3.05) is 0 Å². The lowest BCUT2D eigenvalue weighted by atomic mass is 9.68. The first-order valence-corrected chi connectivity index (χ1v) is 5.67. The van der Waals surface area contributed by atoms with E-state index in [4.69, 9.17) is 0 Å². The van der Waals surface area contributed by atoms with E-state index in [2.05, 4.69) is 45.9 Å². The first kappa shape index (κ1) is 11.1. The molecule has 1 aliphatic carbocycles. The van der Waals surface area contributed by atoms with Gasteiger partial charge in [-0.05, 0) is 17.2 Å². The zero-order valence-electron chi connectivity index (χ0n) is 10.4. The van der Waals surface area contributed by atoms with Gasteiger partial charge >= 0.3 is 0 Å².